The lowest BCUT2D eigenvalue weighted by Crippen LogP contribution is -2.46. The number of pyridine rings is 1. The number of fused-ring (bicyclic) bond motifs is 1. The standard InChI is InChI=1S/C34H39Br2N3O2/c1-6-8-12-26-20-24-11-9-10-13-27(24)34(38-26)41-19-18-39(4,5)30(7-2)32-29(36)21-28(33(37)40)22(3)31(32)23-14-16-25(35)17-15-23/h9-11,13-17,20-21,30H,6-8,12,18-19H2,1-5H3,(H-,37,40)/p+1/t30-/m0/s1. The molecule has 1 amide bonds. The van der Waals surface area contributed by atoms with Gasteiger partial charge in [0, 0.05) is 37.6 Å². The van der Waals surface area contributed by atoms with E-state index < -0.39 is 5.91 Å². The maximum Gasteiger partial charge on any atom is 0.249 e. The van der Waals surface area contributed by atoms with Gasteiger partial charge < -0.3 is 15.0 Å². The van der Waals surface area contributed by atoms with Gasteiger partial charge in [-0.15, -0.1) is 0 Å². The van der Waals surface area contributed by atoms with Crippen LogP contribution < -0.4 is 10.5 Å². The Hall–Kier alpha value is -2.74. The number of rotatable bonds is 12. The molecule has 1 heterocycles. The molecular formula is C34H40Br2N3O2+. The van der Waals surface area contributed by atoms with Gasteiger partial charge in [0.2, 0.25) is 11.8 Å². The number of likely N-dealkylation sites (N-methyl/N-ethyl adjacent to an activating group) is 1. The molecular weight excluding hydrogens is 642 g/mol. The van der Waals surface area contributed by atoms with Crippen LogP contribution >= 0.6 is 31.9 Å². The minimum atomic E-state index is -0.427. The highest BCUT2D eigenvalue weighted by Crippen LogP contribution is 2.43. The Labute approximate surface area is 261 Å². The summed E-state index contributed by atoms with van der Waals surface area (Å²) in [6.07, 6.45) is 4.09. The monoisotopic (exact) mass is 680 g/mol. The van der Waals surface area contributed by atoms with Crippen LogP contribution in [0.1, 0.15) is 66.3 Å². The summed E-state index contributed by atoms with van der Waals surface area (Å²) in [6.45, 7) is 7.71. The predicted octanol–water partition coefficient (Wildman–Crippen LogP) is 8.78. The normalized spacial score (nSPS) is 12.5. The fraction of sp³-hybridized carbons (Fsp3) is 0.353. The van der Waals surface area contributed by atoms with E-state index in [-0.39, 0.29) is 6.04 Å². The Kier molecular flexibility index (Phi) is 10.3. The number of ether oxygens (including phenoxy) is 1. The van der Waals surface area contributed by atoms with Gasteiger partial charge in [-0.3, -0.25) is 4.79 Å². The van der Waals surface area contributed by atoms with Crippen LogP contribution in [-0.4, -0.2) is 42.6 Å². The molecule has 0 spiro atoms. The van der Waals surface area contributed by atoms with Crippen LogP contribution in [0.5, 0.6) is 5.88 Å². The summed E-state index contributed by atoms with van der Waals surface area (Å²) < 4.78 is 9.03. The first kappa shape index (κ1) is 31.2. The first-order valence-electron chi connectivity index (χ1n) is 14.3. The first-order valence-corrected chi connectivity index (χ1v) is 15.9. The number of primary amides is 1. The number of aryl methyl sites for hydroxylation is 1. The van der Waals surface area contributed by atoms with Crippen molar-refractivity contribution in [2.24, 2.45) is 5.73 Å². The molecule has 4 aromatic rings. The van der Waals surface area contributed by atoms with E-state index in [0.29, 0.717) is 22.5 Å². The summed E-state index contributed by atoms with van der Waals surface area (Å²) in [7, 11) is 4.49. The molecule has 3 aromatic carbocycles. The second-order valence-electron chi connectivity index (χ2n) is 11.2. The number of hydrogen-bond donors (Lipinski definition) is 1. The van der Waals surface area contributed by atoms with Gasteiger partial charge in [-0.2, -0.15) is 0 Å². The van der Waals surface area contributed by atoms with Gasteiger partial charge in [-0.25, -0.2) is 4.98 Å². The molecule has 0 aliphatic heterocycles. The number of hydrogen-bond acceptors (Lipinski definition) is 3. The molecule has 0 aliphatic rings. The number of aromatic nitrogens is 1. The van der Waals surface area contributed by atoms with Crippen molar-refractivity contribution in [1.29, 1.82) is 0 Å². The molecule has 5 nitrogen and oxygen atoms in total. The van der Waals surface area contributed by atoms with Crippen LogP contribution in [0.2, 0.25) is 0 Å². The first-order chi connectivity index (χ1) is 19.6. The summed E-state index contributed by atoms with van der Waals surface area (Å²) >= 11 is 7.39. The van der Waals surface area contributed by atoms with Crippen molar-refractivity contribution in [3.63, 3.8) is 0 Å². The number of quaternary nitrogens is 1. The molecule has 0 radical (unpaired) electrons. The quantitative estimate of drug-likeness (QED) is 0.152. The van der Waals surface area contributed by atoms with E-state index in [1.165, 1.54) is 5.56 Å². The number of halogens is 2. The lowest BCUT2D eigenvalue weighted by atomic mass is 9.86. The lowest BCUT2D eigenvalue weighted by molar-refractivity contribution is -0.921. The van der Waals surface area contributed by atoms with Crippen LogP contribution in [0.3, 0.4) is 0 Å². The van der Waals surface area contributed by atoms with E-state index in [4.69, 9.17) is 15.5 Å². The molecule has 216 valence electrons. The average Bonchev–Trinajstić information content (AvgIpc) is 2.94. The second kappa shape index (κ2) is 13.5. The van der Waals surface area contributed by atoms with Crippen molar-refractivity contribution in [3.05, 3.63) is 92.0 Å². The zero-order valence-electron chi connectivity index (χ0n) is 24.6. The molecule has 0 saturated carbocycles. The minimum Gasteiger partial charge on any atom is -0.471 e. The fourth-order valence-corrected chi connectivity index (χ4v) is 6.69. The zero-order valence-corrected chi connectivity index (χ0v) is 27.8. The number of benzene rings is 3. The topological polar surface area (TPSA) is 65.2 Å². The Bertz CT molecular complexity index is 1530. The summed E-state index contributed by atoms with van der Waals surface area (Å²) in [4.78, 5) is 17.3. The minimum absolute atomic E-state index is 0.132. The zero-order chi connectivity index (χ0) is 29.7. The van der Waals surface area contributed by atoms with Gasteiger partial charge in [0.15, 0.2) is 0 Å². The highest BCUT2D eigenvalue weighted by atomic mass is 79.9. The van der Waals surface area contributed by atoms with Crippen molar-refractivity contribution in [2.45, 2.75) is 52.5 Å². The molecule has 41 heavy (non-hydrogen) atoms. The summed E-state index contributed by atoms with van der Waals surface area (Å²) in [5.41, 5.74) is 11.6. The summed E-state index contributed by atoms with van der Waals surface area (Å²) in [6, 6.07) is 20.8. The largest absolute Gasteiger partial charge is 0.471 e. The average molecular weight is 683 g/mol. The van der Waals surface area contributed by atoms with Crippen LogP contribution in [0.4, 0.5) is 0 Å². The van der Waals surface area contributed by atoms with Gasteiger partial charge in [0.25, 0.3) is 0 Å². The fourth-order valence-electron chi connectivity index (χ4n) is 5.74. The number of unbranched alkanes of at least 4 members (excludes halogenated alkanes) is 1. The molecule has 7 heteroatoms. The van der Waals surface area contributed by atoms with Crippen LogP contribution in [0, 0.1) is 6.92 Å². The molecule has 4 rings (SSSR count). The highest BCUT2D eigenvalue weighted by Gasteiger charge is 2.34. The SMILES string of the molecule is CCCCc1cc2ccccc2c(OCC[N+](C)(C)[C@@H](CC)c2c(Br)cc(C(N)=O)c(C)c2-c2ccc(Br)cc2)n1. The van der Waals surface area contributed by atoms with Crippen molar-refractivity contribution in [1.82, 2.24) is 4.98 Å². The van der Waals surface area contributed by atoms with E-state index >= 15 is 0 Å². The van der Waals surface area contributed by atoms with E-state index in [1.807, 2.05) is 31.2 Å². The molecule has 0 aliphatic carbocycles. The van der Waals surface area contributed by atoms with Crippen molar-refractivity contribution >= 4 is 48.5 Å². The van der Waals surface area contributed by atoms with Crippen LogP contribution in [0.15, 0.2) is 69.6 Å². The predicted molar refractivity (Wildman–Crippen MR) is 176 cm³/mol. The molecule has 0 fully saturated rings. The molecule has 1 atom stereocenters. The molecule has 0 bridgehead atoms. The third kappa shape index (κ3) is 7.02. The Morgan fingerprint density at radius 1 is 1.05 bits per heavy atom. The summed E-state index contributed by atoms with van der Waals surface area (Å²) in [5.74, 6) is 0.282. The van der Waals surface area contributed by atoms with E-state index in [1.54, 1.807) is 0 Å². The van der Waals surface area contributed by atoms with Gasteiger partial charge in [0.05, 0.1) is 14.1 Å². The smallest absolute Gasteiger partial charge is 0.249 e. The third-order valence-electron chi connectivity index (χ3n) is 7.99. The Balaban J connectivity index is 1.68. The molecule has 0 unspecified atom stereocenters. The van der Waals surface area contributed by atoms with Crippen LogP contribution in [-0.2, 0) is 6.42 Å². The molecule has 2 N–H and O–H groups in total. The Morgan fingerprint density at radius 2 is 1.76 bits per heavy atom. The van der Waals surface area contributed by atoms with Crippen molar-refractivity contribution < 1.29 is 14.0 Å². The molecule has 0 saturated heterocycles. The van der Waals surface area contributed by atoms with Gasteiger partial charge in [-0.05, 0) is 72.2 Å². The van der Waals surface area contributed by atoms with Crippen molar-refractivity contribution in [3.8, 4) is 17.0 Å². The number of amides is 1. The number of nitrogens with zero attached hydrogens (tertiary/aromatic N) is 2. The van der Waals surface area contributed by atoms with Gasteiger partial charge >= 0.3 is 0 Å². The third-order valence-corrected chi connectivity index (χ3v) is 9.17. The lowest BCUT2D eigenvalue weighted by Gasteiger charge is -2.39. The number of nitrogens with two attached hydrogens (primary N) is 1. The Morgan fingerprint density at radius 3 is 2.41 bits per heavy atom. The maximum absolute atomic E-state index is 12.4. The molecule has 1 aromatic heterocycles. The number of carbonyl (C=O) groups is 1. The number of carbonyl (C=O) groups excluding carboxylic acids is 1. The van der Waals surface area contributed by atoms with E-state index in [9.17, 15) is 4.79 Å². The van der Waals surface area contributed by atoms with Gasteiger partial charge in [-0.1, -0.05) is 82.5 Å². The highest BCUT2D eigenvalue weighted by molar-refractivity contribution is 9.10. The van der Waals surface area contributed by atoms with Crippen LogP contribution in [0.25, 0.3) is 21.9 Å². The maximum atomic E-state index is 12.4. The van der Waals surface area contributed by atoms with Crippen molar-refractivity contribution in [2.75, 3.05) is 27.2 Å². The van der Waals surface area contributed by atoms with E-state index in [0.717, 1.165) is 74.3 Å². The van der Waals surface area contributed by atoms with Gasteiger partial charge in [0.1, 0.15) is 19.2 Å². The summed E-state index contributed by atoms with van der Waals surface area (Å²) in [5, 5.41) is 2.21. The second-order valence-corrected chi connectivity index (χ2v) is 13.0. The van der Waals surface area contributed by atoms with E-state index in [2.05, 4.69) is 96.2 Å².